The van der Waals surface area contributed by atoms with Crippen LogP contribution in [0.25, 0.3) is 0 Å². The van der Waals surface area contributed by atoms with Crippen LogP contribution in [0.3, 0.4) is 0 Å². The zero-order valence-electron chi connectivity index (χ0n) is 16.2. The van der Waals surface area contributed by atoms with Crippen LogP contribution in [0.1, 0.15) is 27.9 Å². The Morgan fingerprint density at radius 3 is 2.57 bits per heavy atom. The molecule has 1 amide bonds. The van der Waals surface area contributed by atoms with Gasteiger partial charge in [-0.3, -0.25) is 9.59 Å². The highest BCUT2D eigenvalue weighted by Gasteiger charge is 2.11. The number of aromatic amines is 1. The Bertz CT molecular complexity index is 1050. The Hall–Kier alpha value is -2.86. The summed E-state index contributed by atoms with van der Waals surface area (Å²) in [6, 6.07) is 15.7. The van der Waals surface area contributed by atoms with Crippen LogP contribution in [0.2, 0.25) is 0 Å². The molecule has 0 spiro atoms. The number of rotatable bonds is 6. The molecule has 0 bridgehead atoms. The minimum Gasteiger partial charge on any atom is -0.325 e. The third kappa shape index (κ3) is 5.10. The van der Waals surface area contributed by atoms with Crippen molar-refractivity contribution in [3.63, 3.8) is 0 Å². The van der Waals surface area contributed by atoms with E-state index in [2.05, 4.69) is 15.3 Å². The zero-order chi connectivity index (χ0) is 20.1. The number of aromatic nitrogens is 2. The van der Waals surface area contributed by atoms with Gasteiger partial charge in [-0.05, 0) is 43.5 Å². The molecule has 0 aliphatic carbocycles. The highest BCUT2D eigenvalue weighted by Crippen LogP contribution is 2.18. The lowest BCUT2D eigenvalue weighted by Gasteiger charge is -2.10. The third-order valence-corrected chi connectivity index (χ3v) is 5.30. The first-order valence-corrected chi connectivity index (χ1v) is 10.0. The van der Waals surface area contributed by atoms with Crippen LogP contribution in [0, 0.1) is 20.8 Å². The molecule has 144 valence electrons. The molecule has 0 aliphatic heterocycles. The number of amides is 1. The van der Waals surface area contributed by atoms with Crippen LogP contribution in [0.5, 0.6) is 0 Å². The molecule has 0 fully saturated rings. The minimum absolute atomic E-state index is 0.132. The lowest BCUT2D eigenvalue weighted by molar-refractivity contribution is -0.113. The highest BCUT2D eigenvalue weighted by molar-refractivity contribution is 7.99. The molecule has 2 aromatic carbocycles. The van der Waals surface area contributed by atoms with Crippen LogP contribution in [0.15, 0.2) is 58.5 Å². The van der Waals surface area contributed by atoms with Crippen LogP contribution in [-0.2, 0) is 11.2 Å². The van der Waals surface area contributed by atoms with Gasteiger partial charge in [0.15, 0.2) is 5.16 Å². The number of benzene rings is 2. The standard InChI is InChI=1S/C22H23N3O2S/c1-14-9-10-15(2)19(11-14)24-20(26)13-28-22-23-16(3)18(21(27)25-22)12-17-7-5-4-6-8-17/h4-11H,12-13H2,1-3H3,(H,24,26)(H,23,25,27). The van der Waals surface area contributed by atoms with E-state index in [9.17, 15) is 9.59 Å². The summed E-state index contributed by atoms with van der Waals surface area (Å²) in [7, 11) is 0. The maximum absolute atomic E-state index is 12.5. The van der Waals surface area contributed by atoms with E-state index in [1.807, 2.05) is 69.3 Å². The predicted molar refractivity (Wildman–Crippen MR) is 114 cm³/mol. The molecule has 0 atom stereocenters. The van der Waals surface area contributed by atoms with Crippen molar-refractivity contribution in [3.05, 3.63) is 86.8 Å². The molecule has 2 N–H and O–H groups in total. The van der Waals surface area contributed by atoms with E-state index in [1.54, 1.807) is 0 Å². The van der Waals surface area contributed by atoms with Crippen LogP contribution in [-0.4, -0.2) is 21.6 Å². The molecule has 6 heteroatoms. The Balaban J connectivity index is 1.65. The van der Waals surface area contributed by atoms with Crippen LogP contribution >= 0.6 is 11.8 Å². The van der Waals surface area contributed by atoms with Crippen molar-refractivity contribution >= 4 is 23.4 Å². The van der Waals surface area contributed by atoms with E-state index < -0.39 is 0 Å². The Labute approximate surface area is 168 Å². The van der Waals surface area contributed by atoms with E-state index >= 15 is 0 Å². The number of nitrogens with zero attached hydrogens (tertiary/aromatic N) is 1. The lowest BCUT2D eigenvalue weighted by atomic mass is 10.1. The van der Waals surface area contributed by atoms with Crippen molar-refractivity contribution < 1.29 is 4.79 Å². The molecule has 3 aromatic rings. The van der Waals surface area contributed by atoms with Gasteiger partial charge in [0.1, 0.15) is 0 Å². The highest BCUT2D eigenvalue weighted by atomic mass is 32.2. The number of aryl methyl sites for hydroxylation is 3. The number of hydrogen-bond donors (Lipinski definition) is 2. The molecule has 0 saturated carbocycles. The van der Waals surface area contributed by atoms with Crippen molar-refractivity contribution in [1.82, 2.24) is 9.97 Å². The van der Waals surface area contributed by atoms with Crippen molar-refractivity contribution in [2.75, 3.05) is 11.1 Å². The van der Waals surface area contributed by atoms with E-state index in [-0.39, 0.29) is 17.2 Å². The first kappa shape index (κ1) is 19.9. The van der Waals surface area contributed by atoms with Crippen molar-refractivity contribution in [3.8, 4) is 0 Å². The molecule has 0 aliphatic rings. The lowest BCUT2D eigenvalue weighted by Crippen LogP contribution is -2.19. The average Bonchev–Trinajstić information content (AvgIpc) is 2.67. The molecule has 0 radical (unpaired) electrons. The van der Waals surface area contributed by atoms with Crippen molar-refractivity contribution in [2.45, 2.75) is 32.3 Å². The topological polar surface area (TPSA) is 74.8 Å². The zero-order valence-corrected chi connectivity index (χ0v) is 17.0. The molecule has 1 heterocycles. The number of nitrogens with one attached hydrogen (secondary N) is 2. The summed E-state index contributed by atoms with van der Waals surface area (Å²) in [5.74, 6) is 0.0423. The monoisotopic (exact) mass is 393 g/mol. The summed E-state index contributed by atoms with van der Waals surface area (Å²) in [5, 5.41) is 3.37. The van der Waals surface area contributed by atoms with Gasteiger partial charge in [-0.25, -0.2) is 4.98 Å². The summed E-state index contributed by atoms with van der Waals surface area (Å²) in [6.45, 7) is 5.77. The smallest absolute Gasteiger partial charge is 0.255 e. The normalized spacial score (nSPS) is 10.7. The predicted octanol–water partition coefficient (Wildman–Crippen LogP) is 4.02. The van der Waals surface area contributed by atoms with Crippen molar-refractivity contribution in [2.24, 2.45) is 0 Å². The van der Waals surface area contributed by atoms with Gasteiger partial charge in [0.05, 0.1) is 5.75 Å². The third-order valence-electron chi connectivity index (χ3n) is 4.43. The van der Waals surface area contributed by atoms with E-state index in [0.29, 0.717) is 22.8 Å². The summed E-state index contributed by atoms with van der Waals surface area (Å²) in [4.78, 5) is 32.0. The molecule has 1 aromatic heterocycles. The first-order valence-electron chi connectivity index (χ1n) is 9.06. The Morgan fingerprint density at radius 1 is 1.11 bits per heavy atom. The van der Waals surface area contributed by atoms with Gasteiger partial charge in [0.25, 0.3) is 5.56 Å². The summed E-state index contributed by atoms with van der Waals surface area (Å²) >= 11 is 1.22. The number of thioether (sulfide) groups is 1. The van der Waals surface area contributed by atoms with Crippen LogP contribution < -0.4 is 10.9 Å². The second-order valence-corrected chi connectivity index (χ2v) is 7.72. The maximum Gasteiger partial charge on any atom is 0.255 e. The van der Waals surface area contributed by atoms with Gasteiger partial charge < -0.3 is 10.3 Å². The Morgan fingerprint density at radius 2 is 1.86 bits per heavy atom. The summed E-state index contributed by atoms with van der Waals surface area (Å²) in [5.41, 5.74) is 5.14. The molecule has 28 heavy (non-hydrogen) atoms. The van der Waals surface area contributed by atoms with Crippen molar-refractivity contribution in [1.29, 1.82) is 0 Å². The number of H-pyrrole nitrogens is 1. The number of carbonyl (C=O) groups is 1. The maximum atomic E-state index is 12.5. The van der Waals surface area contributed by atoms with Gasteiger partial charge in [0.2, 0.25) is 5.91 Å². The quantitative estimate of drug-likeness (QED) is 0.490. The second kappa shape index (κ2) is 8.89. The molecule has 3 rings (SSSR count). The molecule has 0 unspecified atom stereocenters. The van der Waals surface area contributed by atoms with Gasteiger partial charge in [-0.15, -0.1) is 0 Å². The summed E-state index contributed by atoms with van der Waals surface area (Å²) in [6.07, 6.45) is 0.535. The molecule has 0 saturated heterocycles. The van der Waals surface area contributed by atoms with E-state index in [0.717, 1.165) is 22.4 Å². The van der Waals surface area contributed by atoms with Gasteiger partial charge in [0, 0.05) is 23.4 Å². The van der Waals surface area contributed by atoms with Gasteiger partial charge in [-0.1, -0.05) is 54.2 Å². The fourth-order valence-electron chi connectivity index (χ4n) is 2.85. The fraction of sp³-hybridized carbons (Fsp3) is 0.227. The number of hydrogen-bond acceptors (Lipinski definition) is 4. The molecular formula is C22H23N3O2S. The second-order valence-electron chi connectivity index (χ2n) is 6.75. The number of anilines is 1. The minimum atomic E-state index is -0.159. The molecular weight excluding hydrogens is 370 g/mol. The SMILES string of the molecule is Cc1ccc(C)c(NC(=O)CSc2nc(C)c(Cc3ccccc3)c(=O)[nH]2)c1. The fourth-order valence-corrected chi connectivity index (χ4v) is 3.56. The Kier molecular flexibility index (Phi) is 6.31. The first-order chi connectivity index (χ1) is 13.4. The largest absolute Gasteiger partial charge is 0.325 e. The van der Waals surface area contributed by atoms with E-state index in [4.69, 9.17) is 0 Å². The molecule has 5 nitrogen and oxygen atoms in total. The van der Waals surface area contributed by atoms with Gasteiger partial charge >= 0.3 is 0 Å². The average molecular weight is 394 g/mol. The summed E-state index contributed by atoms with van der Waals surface area (Å²) < 4.78 is 0. The van der Waals surface area contributed by atoms with Gasteiger partial charge in [-0.2, -0.15) is 0 Å². The van der Waals surface area contributed by atoms with Crippen LogP contribution in [0.4, 0.5) is 5.69 Å². The van der Waals surface area contributed by atoms with E-state index in [1.165, 1.54) is 11.8 Å². The number of carbonyl (C=O) groups excluding carboxylic acids is 1.